The maximum Gasteiger partial charge on any atom is 0.335 e. The van der Waals surface area contributed by atoms with E-state index < -0.39 is 5.97 Å². The summed E-state index contributed by atoms with van der Waals surface area (Å²) in [6, 6.07) is 20.9. The molecule has 6 heteroatoms. The minimum atomic E-state index is -1.03. The minimum Gasteiger partial charge on any atom is -0.478 e. The number of fused-ring (bicyclic) bond motifs is 1. The molecule has 1 heterocycles. The molecule has 1 amide bonds. The van der Waals surface area contributed by atoms with Gasteiger partial charge in [0.25, 0.3) is 5.91 Å². The number of carbonyl (C=O) groups is 2. The normalized spacial score (nSPS) is 10.7. The van der Waals surface area contributed by atoms with Crippen LogP contribution in [0.15, 0.2) is 72.8 Å². The van der Waals surface area contributed by atoms with Gasteiger partial charge in [-0.3, -0.25) is 4.79 Å². The number of amides is 1. The van der Waals surface area contributed by atoms with Crippen LogP contribution in [0, 0.1) is 0 Å². The predicted octanol–water partition coefficient (Wildman–Crippen LogP) is 4.18. The van der Waals surface area contributed by atoms with Crippen LogP contribution in [0.1, 0.15) is 20.7 Å². The Kier molecular flexibility index (Phi) is 4.14. The molecule has 4 rings (SSSR count). The van der Waals surface area contributed by atoms with Gasteiger partial charge in [0.1, 0.15) is 5.82 Å². The zero-order valence-electron chi connectivity index (χ0n) is 14.1. The first kappa shape index (κ1) is 16.5. The van der Waals surface area contributed by atoms with Crippen molar-refractivity contribution in [3.63, 3.8) is 0 Å². The third-order valence-electron chi connectivity index (χ3n) is 4.21. The van der Waals surface area contributed by atoms with Crippen LogP contribution in [0.3, 0.4) is 0 Å². The number of para-hydroxylation sites is 3. The first-order chi connectivity index (χ1) is 13.1. The van der Waals surface area contributed by atoms with Gasteiger partial charge in [-0.1, -0.05) is 24.3 Å². The van der Waals surface area contributed by atoms with Gasteiger partial charge in [0.05, 0.1) is 22.3 Å². The van der Waals surface area contributed by atoms with Crippen molar-refractivity contribution in [1.82, 2.24) is 9.97 Å². The second-order valence-corrected chi connectivity index (χ2v) is 5.98. The number of carbonyl (C=O) groups excluding carboxylic acids is 1. The fraction of sp³-hybridized carbons (Fsp3) is 0. The number of imidazole rings is 1. The van der Waals surface area contributed by atoms with Gasteiger partial charge in [-0.15, -0.1) is 0 Å². The SMILES string of the molecule is O=C(O)c1ccc(C(=O)Nc2ccccc2-c2nc3ccccc3[nH]2)cc1. The van der Waals surface area contributed by atoms with E-state index in [2.05, 4.69) is 15.3 Å². The van der Waals surface area contributed by atoms with Crippen molar-refractivity contribution >= 4 is 28.6 Å². The van der Waals surface area contributed by atoms with Gasteiger partial charge in [0, 0.05) is 11.1 Å². The first-order valence-corrected chi connectivity index (χ1v) is 8.31. The van der Waals surface area contributed by atoms with Crippen molar-refractivity contribution in [2.24, 2.45) is 0 Å². The number of hydrogen-bond donors (Lipinski definition) is 3. The number of H-pyrrole nitrogens is 1. The van der Waals surface area contributed by atoms with Gasteiger partial charge in [-0.2, -0.15) is 0 Å². The maximum absolute atomic E-state index is 12.6. The summed E-state index contributed by atoms with van der Waals surface area (Å²) in [7, 11) is 0. The Bertz CT molecular complexity index is 1110. The summed E-state index contributed by atoms with van der Waals surface area (Å²) in [5.74, 6) is -0.694. The fourth-order valence-corrected chi connectivity index (χ4v) is 2.84. The molecule has 0 aliphatic carbocycles. The molecular formula is C21H15N3O3. The number of nitrogens with one attached hydrogen (secondary N) is 2. The molecule has 0 unspecified atom stereocenters. The summed E-state index contributed by atoms with van der Waals surface area (Å²) in [6.07, 6.45) is 0. The Morgan fingerprint density at radius 1 is 0.852 bits per heavy atom. The number of rotatable bonds is 4. The molecule has 132 valence electrons. The highest BCUT2D eigenvalue weighted by Gasteiger charge is 2.13. The number of anilines is 1. The molecule has 3 aromatic carbocycles. The monoisotopic (exact) mass is 357 g/mol. The van der Waals surface area contributed by atoms with Crippen LogP contribution in [0.25, 0.3) is 22.4 Å². The third-order valence-corrected chi connectivity index (χ3v) is 4.21. The highest BCUT2D eigenvalue weighted by Crippen LogP contribution is 2.27. The van der Waals surface area contributed by atoms with Crippen LogP contribution in [0.4, 0.5) is 5.69 Å². The molecule has 0 bridgehead atoms. The van der Waals surface area contributed by atoms with Gasteiger partial charge >= 0.3 is 5.97 Å². The molecule has 27 heavy (non-hydrogen) atoms. The summed E-state index contributed by atoms with van der Waals surface area (Å²) >= 11 is 0. The quantitative estimate of drug-likeness (QED) is 0.510. The molecule has 0 saturated heterocycles. The molecule has 1 aromatic heterocycles. The van der Waals surface area contributed by atoms with E-state index >= 15 is 0 Å². The van der Waals surface area contributed by atoms with E-state index in [-0.39, 0.29) is 11.5 Å². The van der Waals surface area contributed by atoms with Crippen LogP contribution in [0.2, 0.25) is 0 Å². The number of hydrogen-bond acceptors (Lipinski definition) is 3. The summed E-state index contributed by atoms with van der Waals surface area (Å²) in [5.41, 5.74) is 3.65. The molecule has 6 nitrogen and oxygen atoms in total. The average Bonchev–Trinajstić information content (AvgIpc) is 3.12. The molecular weight excluding hydrogens is 342 g/mol. The summed E-state index contributed by atoms with van der Waals surface area (Å²) in [5, 5.41) is 11.8. The van der Waals surface area contributed by atoms with Crippen LogP contribution in [-0.2, 0) is 0 Å². The number of aromatic amines is 1. The lowest BCUT2D eigenvalue weighted by Gasteiger charge is -2.09. The Balaban J connectivity index is 1.64. The van der Waals surface area contributed by atoms with Gasteiger partial charge in [0.2, 0.25) is 0 Å². The minimum absolute atomic E-state index is 0.134. The molecule has 3 N–H and O–H groups in total. The number of carboxylic acid groups (broad SMARTS) is 1. The number of aromatic carboxylic acids is 1. The number of aromatic nitrogens is 2. The largest absolute Gasteiger partial charge is 0.478 e. The molecule has 4 aromatic rings. The van der Waals surface area contributed by atoms with E-state index in [4.69, 9.17) is 5.11 Å². The van der Waals surface area contributed by atoms with Crippen molar-refractivity contribution in [3.05, 3.63) is 83.9 Å². The van der Waals surface area contributed by atoms with Crippen molar-refractivity contribution in [3.8, 4) is 11.4 Å². The highest BCUT2D eigenvalue weighted by molar-refractivity contribution is 6.06. The standard InChI is InChI=1S/C21H15N3O3/c25-20(13-9-11-14(12-10-13)21(26)27)24-16-6-2-1-5-15(16)19-22-17-7-3-4-8-18(17)23-19/h1-12H,(H,22,23)(H,24,25)(H,26,27). The van der Waals surface area contributed by atoms with Gasteiger partial charge in [-0.25, -0.2) is 9.78 Å². The van der Waals surface area contributed by atoms with Crippen molar-refractivity contribution in [2.45, 2.75) is 0 Å². The zero-order valence-corrected chi connectivity index (χ0v) is 14.1. The molecule has 0 spiro atoms. The average molecular weight is 357 g/mol. The number of nitrogens with zero attached hydrogens (tertiary/aromatic N) is 1. The summed E-state index contributed by atoms with van der Waals surface area (Å²) in [4.78, 5) is 31.3. The molecule has 0 atom stereocenters. The second-order valence-electron chi connectivity index (χ2n) is 5.98. The lowest BCUT2D eigenvalue weighted by atomic mass is 10.1. The molecule has 0 aliphatic heterocycles. The Morgan fingerprint density at radius 2 is 1.52 bits per heavy atom. The van der Waals surface area contributed by atoms with Gasteiger partial charge in [0.15, 0.2) is 0 Å². The fourth-order valence-electron chi connectivity index (χ4n) is 2.84. The van der Waals surface area contributed by atoms with E-state index in [0.29, 0.717) is 17.1 Å². The Morgan fingerprint density at radius 3 is 2.26 bits per heavy atom. The van der Waals surface area contributed by atoms with E-state index in [9.17, 15) is 9.59 Å². The maximum atomic E-state index is 12.6. The van der Waals surface area contributed by atoms with Crippen LogP contribution in [0.5, 0.6) is 0 Å². The van der Waals surface area contributed by atoms with E-state index in [1.54, 1.807) is 6.07 Å². The smallest absolute Gasteiger partial charge is 0.335 e. The first-order valence-electron chi connectivity index (χ1n) is 8.31. The van der Waals surface area contributed by atoms with E-state index in [0.717, 1.165) is 16.6 Å². The summed E-state index contributed by atoms with van der Waals surface area (Å²) < 4.78 is 0. The van der Waals surface area contributed by atoms with Crippen molar-refractivity contribution in [1.29, 1.82) is 0 Å². The van der Waals surface area contributed by atoms with Crippen molar-refractivity contribution in [2.75, 3.05) is 5.32 Å². The lowest BCUT2D eigenvalue weighted by molar-refractivity contribution is 0.0696. The van der Waals surface area contributed by atoms with Crippen LogP contribution >= 0.6 is 0 Å². The van der Waals surface area contributed by atoms with Crippen molar-refractivity contribution < 1.29 is 14.7 Å². The van der Waals surface area contributed by atoms with Crippen LogP contribution in [-0.4, -0.2) is 27.0 Å². The zero-order chi connectivity index (χ0) is 18.8. The summed E-state index contributed by atoms with van der Waals surface area (Å²) in [6.45, 7) is 0. The van der Waals surface area contributed by atoms with E-state index in [1.807, 2.05) is 42.5 Å². The third kappa shape index (κ3) is 3.28. The number of carboxylic acids is 1. The second kappa shape index (κ2) is 6.76. The predicted molar refractivity (Wildman–Crippen MR) is 103 cm³/mol. The van der Waals surface area contributed by atoms with Gasteiger partial charge < -0.3 is 15.4 Å². The topological polar surface area (TPSA) is 95.1 Å². The van der Waals surface area contributed by atoms with Gasteiger partial charge in [-0.05, 0) is 48.5 Å². The lowest BCUT2D eigenvalue weighted by Crippen LogP contribution is -2.13. The Hall–Kier alpha value is -3.93. The molecule has 0 saturated carbocycles. The molecule has 0 radical (unpaired) electrons. The highest BCUT2D eigenvalue weighted by atomic mass is 16.4. The molecule has 0 fully saturated rings. The molecule has 0 aliphatic rings. The number of benzene rings is 3. The Labute approximate surface area is 154 Å². The van der Waals surface area contributed by atoms with Crippen LogP contribution < -0.4 is 5.32 Å². The van der Waals surface area contributed by atoms with E-state index in [1.165, 1.54) is 24.3 Å².